The standard InChI is InChI=1S/C11H19F3OSi/c1-10(2,3)16(4,5)15-7-8-6-9(8)11(12,13)14/h6,9H,7H2,1-5H3/t9-/m1/s1. The van der Waals surface area contributed by atoms with Crippen LogP contribution in [0.2, 0.25) is 18.1 Å². The maximum atomic E-state index is 12.2. The lowest BCUT2D eigenvalue weighted by Crippen LogP contribution is -2.41. The number of alkyl halides is 3. The number of hydrogen-bond donors (Lipinski definition) is 0. The first-order valence-electron chi connectivity index (χ1n) is 5.36. The first-order valence-corrected chi connectivity index (χ1v) is 8.27. The fourth-order valence-electron chi connectivity index (χ4n) is 1.09. The fraction of sp³-hybridized carbons (Fsp3) is 0.818. The molecule has 1 rings (SSSR count). The summed E-state index contributed by atoms with van der Waals surface area (Å²) in [7, 11) is -1.92. The lowest BCUT2D eigenvalue weighted by Gasteiger charge is -2.36. The second-order valence-electron chi connectivity index (χ2n) is 5.81. The Bertz CT molecular complexity index is 299. The third-order valence-electron chi connectivity index (χ3n) is 3.43. The van der Waals surface area contributed by atoms with Gasteiger partial charge in [-0.1, -0.05) is 26.8 Å². The number of hydrogen-bond acceptors (Lipinski definition) is 1. The minimum absolute atomic E-state index is 0.0379. The summed E-state index contributed by atoms with van der Waals surface area (Å²) in [5.41, 5.74) is 0.386. The highest BCUT2D eigenvalue weighted by molar-refractivity contribution is 6.74. The lowest BCUT2D eigenvalue weighted by atomic mass is 10.2. The molecule has 0 unspecified atom stereocenters. The van der Waals surface area contributed by atoms with E-state index in [1.807, 2.05) is 13.1 Å². The van der Waals surface area contributed by atoms with Gasteiger partial charge in [-0.2, -0.15) is 13.2 Å². The van der Waals surface area contributed by atoms with Crippen LogP contribution in [0.15, 0.2) is 11.6 Å². The fourth-order valence-corrected chi connectivity index (χ4v) is 2.05. The van der Waals surface area contributed by atoms with Crippen molar-refractivity contribution in [1.82, 2.24) is 0 Å². The summed E-state index contributed by atoms with van der Waals surface area (Å²) >= 11 is 0. The quantitative estimate of drug-likeness (QED) is 0.542. The molecule has 1 atom stereocenters. The summed E-state index contributed by atoms with van der Waals surface area (Å²) in [4.78, 5) is 0. The van der Waals surface area contributed by atoms with Gasteiger partial charge in [0.05, 0.1) is 12.5 Å². The summed E-state index contributed by atoms with van der Waals surface area (Å²) in [6.45, 7) is 10.4. The normalized spacial score (nSPS) is 22.0. The van der Waals surface area contributed by atoms with Crippen molar-refractivity contribution in [1.29, 1.82) is 0 Å². The first-order chi connectivity index (χ1) is 6.95. The third kappa shape index (κ3) is 3.10. The summed E-state index contributed by atoms with van der Waals surface area (Å²) in [6.07, 6.45) is -2.88. The molecule has 0 radical (unpaired) electrons. The molecule has 0 saturated heterocycles. The molecule has 0 spiro atoms. The maximum Gasteiger partial charge on any atom is 0.398 e. The van der Waals surface area contributed by atoms with E-state index in [0.29, 0.717) is 5.57 Å². The van der Waals surface area contributed by atoms with Crippen LogP contribution in [0.25, 0.3) is 0 Å². The number of allylic oxidation sites excluding steroid dienone is 1. The van der Waals surface area contributed by atoms with Gasteiger partial charge in [-0.05, 0) is 23.7 Å². The van der Waals surface area contributed by atoms with E-state index in [1.54, 1.807) is 0 Å². The molecule has 1 nitrogen and oxygen atoms in total. The molecule has 0 aromatic carbocycles. The van der Waals surface area contributed by atoms with Crippen molar-refractivity contribution in [2.45, 2.75) is 45.1 Å². The molecule has 16 heavy (non-hydrogen) atoms. The summed E-state index contributed by atoms with van der Waals surface area (Å²) in [5.74, 6) is -1.32. The van der Waals surface area contributed by atoms with Crippen LogP contribution in [0.1, 0.15) is 20.8 Å². The molecule has 1 aliphatic carbocycles. The van der Waals surface area contributed by atoms with E-state index in [4.69, 9.17) is 4.43 Å². The zero-order valence-corrected chi connectivity index (χ0v) is 11.4. The van der Waals surface area contributed by atoms with Crippen molar-refractivity contribution < 1.29 is 17.6 Å². The molecule has 0 saturated carbocycles. The van der Waals surface area contributed by atoms with E-state index in [-0.39, 0.29) is 11.6 Å². The largest absolute Gasteiger partial charge is 0.413 e. The van der Waals surface area contributed by atoms with Crippen molar-refractivity contribution in [2.24, 2.45) is 5.92 Å². The predicted molar refractivity (Wildman–Crippen MR) is 60.8 cm³/mol. The van der Waals surface area contributed by atoms with Gasteiger partial charge >= 0.3 is 6.18 Å². The van der Waals surface area contributed by atoms with Crippen LogP contribution in [0, 0.1) is 5.92 Å². The van der Waals surface area contributed by atoms with Crippen LogP contribution < -0.4 is 0 Å². The summed E-state index contributed by atoms with van der Waals surface area (Å²) in [5, 5.41) is 0.0379. The molecule has 0 heterocycles. The smallest absolute Gasteiger partial charge is 0.398 e. The van der Waals surface area contributed by atoms with Gasteiger partial charge in [-0.25, -0.2) is 0 Å². The molecule has 0 aromatic rings. The average molecular weight is 252 g/mol. The van der Waals surface area contributed by atoms with Crippen LogP contribution in [-0.2, 0) is 4.43 Å². The van der Waals surface area contributed by atoms with E-state index in [9.17, 15) is 13.2 Å². The first kappa shape index (κ1) is 13.8. The Morgan fingerprint density at radius 1 is 1.25 bits per heavy atom. The molecule has 0 fully saturated rings. The highest BCUT2D eigenvalue weighted by Crippen LogP contribution is 2.44. The SMILES string of the molecule is CC(C)(C)[Si](C)(C)OCC1=C[C@H]1C(F)(F)F. The Morgan fingerprint density at radius 2 is 1.75 bits per heavy atom. The van der Waals surface area contributed by atoms with Crippen molar-refractivity contribution in [3.8, 4) is 0 Å². The maximum absolute atomic E-state index is 12.2. The Labute approximate surface area is 95.8 Å². The second kappa shape index (κ2) is 3.87. The van der Waals surface area contributed by atoms with E-state index in [0.717, 1.165) is 0 Å². The van der Waals surface area contributed by atoms with Crippen LogP contribution >= 0.6 is 0 Å². The zero-order valence-electron chi connectivity index (χ0n) is 10.4. The molecule has 5 heteroatoms. The molecule has 1 aliphatic rings. The summed E-state index contributed by atoms with van der Waals surface area (Å²) < 4.78 is 42.5. The highest BCUT2D eigenvalue weighted by atomic mass is 28.4. The zero-order chi connectivity index (χ0) is 12.8. The Balaban J connectivity index is 2.42. The van der Waals surface area contributed by atoms with Gasteiger partial charge in [0.1, 0.15) is 0 Å². The van der Waals surface area contributed by atoms with Crippen molar-refractivity contribution >= 4 is 8.32 Å². The van der Waals surface area contributed by atoms with Gasteiger partial charge in [0.25, 0.3) is 0 Å². The summed E-state index contributed by atoms with van der Waals surface area (Å²) in [6, 6.07) is 0. The van der Waals surface area contributed by atoms with Crippen molar-refractivity contribution in [2.75, 3.05) is 6.61 Å². The predicted octanol–water partition coefficient (Wildman–Crippen LogP) is 4.13. The monoisotopic (exact) mass is 252 g/mol. The van der Waals surface area contributed by atoms with Crippen LogP contribution in [0.3, 0.4) is 0 Å². The molecule has 94 valence electrons. The Morgan fingerprint density at radius 3 is 2.06 bits per heavy atom. The van der Waals surface area contributed by atoms with Gasteiger partial charge in [0, 0.05) is 0 Å². The van der Waals surface area contributed by atoms with Crippen LogP contribution in [0.5, 0.6) is 0 Å². The van der Waals surface area contributed by atoms with Gasteiger partial charge in [-0.3, -0.25) is 0 Å². The van der Waals surface area contributed by atoms with Crippen LogP contribution in [-0.4, -0.2) is 21.1 Å². The molecule has 0 aromatic heterocycles. The molecular formula is C11H19F3OSi. The molecule has 0 bridgehead atoms. The van der Waals surface area contributed by atoms with Gasteiger partial charge in [-0.15, -0.1) is 0 Å². The molecular weight excluding hydrogens is 233 g/mol. The third-order valence-corrected chi connectivity index (χ3v) is 7.91. The van der Waals surface area contributed by atoms with E-state index >= 15 is 0 Å². The van der Waals surface area contributed by atoms with Gasteiger partial charge in [0.2, 0.25) is 0 Å². The molecule has 0 aliphatic heterocycles. The highest BCUT2D eigenvalue weighted by Gasteiger charge is 2.49. The van der Waals surface area contributed by atoms with E-state index in [1.165, 1.54) is 6.08 Å². The topological polar surface area (TPSA) is 9.23 Å². The molecule has 0 amide bonds. The Kier molecular flexibility index (Phi) is 3.33. The van der Waals surface area contributed by atoms with Gasteiger partial charge in [0.15, 0.2) is 8.32 Å². The second-order valence-corrected chi connectivity index (χ2v) is 10.6. The molecule has 0 N–H and O–H groups in total. The number of rotatable bonds is 3. The minimum atomic E-state index is -4.12. The minimum Gasteiger partial charge on any atom is -0.413 e. The lowest BCUT2D eigenvalue weighted by molar-refractivity contribution is -0.142. The van der Waals surface area contributed by atoms with Crippen molar-refractivity contribution in [3.63, 3.8) is 0 Å². The number of halogens is 3. The van der Waals surface area contributed by atoms with E-state index < -0.39 is 20.4 Å². The van der Waals surface area contributed by atoms with Gasteiger partial charge < -0.3 is 4.43 Å². The van der Waals surface area contributed by atoms with Crippen molar-refractivity contribution in [3.05, 3.63) is 11.6 Å². The van der Waals surface area contributed by atoms with Crippen LogP contribution in [0.4, 0.5) is 13.2 Å². The Hall–Kier alpha value is -0.293. The van der Waals surface area contributed by atoms with E-state index in [2.05, 4.69) is 20.8 Å². The average Bonchev–Trinajstić information content (AvgIpc) is 2.75.